The molecular formula is C29H32N2O. The molecule has 3 aromatic carbocycles. The predicted molar refractivity (Wildman–Crippen MR) is 129 cm³/mol. The Hall–Kier alpha value is -2.91. The highest BCUT2D eigenvalue weighted by atomic mass is 16.2. The lowest BCUT2D eigenvalue weighted by Gasteiger charge is -2.40. The summed E-state index contributed by atoms with van der Waals surface area (Å²) >= 11 is 0. The van der Waals surface area contributed by atoms with E-state index in [1.54, 1.807) is 0 Å². The van der Waals surface area contributed by atoms with Gasteiger partial charge in [0, 0.05) is 5.54 Å². The van der Waals surface area contributed by atoms with E-state index < -0.39 is 5.54 Å². The summed E-state index contributed by atoms with van der Waals surface area (Å²) in [6.45, 7) is 0. The number of hydrogen-bond acceptors (Lipinski definition) is 2. The number of amides is 1. The number of hydrogen-bond donors (Lipinski definition) is 2. The van der Waals surface area contributed by atoms with Crippen molar-refractivity contribution in [1.82, 2.24) is 10.6 Å². The van der Waals surface area contributed by atoms with Crippen LogP contribution in [0.1, 0.15) is 61.6 Å². The summed E-state index contributed by atoms with van der Waals surface area (Å²) < 4.78 is 0. The maximum atomic E-state index is 13.6. The first-order chi connectivity index (χ1) is 15.7. The van der Waals surface area contributed by atoms with E-state index in [4.69, 9.17) is 0 Å². The van der Waals surface area contributed by atoms with Crippen LogP contribution in [0.4, 0.5) is 0 Å². The molecular weight excluding hydrogens is 392 g/mol. The molecule has 0 radical (unpaired) electrons. The zero-order valence-corrected chi connectivity index (χ0v) is 18.6. The first kappa shape index (κ1) is 21.0. The highest BCUT2D eigenvalue weighted by Gasteiger charge is 2.43. The Labute approximate surface area is 191 Å². The standard InChI is InChI=1S/C29H32N2O/c32-27-26(19-12-22-28(31-27)20-10-11-21-28)30-29(23-13-4-1-5-14-23,24-15-6-2-7-16-24)25-17-8-3-9-18-25/h1-9,13-18,26,30H,10-12,19-22H2,(H,31,32). The lowest BCUT2D eigenvalue weighted by molar-refractivity contribution is -0.124. The number of benzene rings is 3. The molecule has 3 heteroatoms. The summed E-state index contributed by atoms with van der Waals surface area (Å²) in [4.78, 5) is 13.6. The van der Waals surface area contributed by atoms with Crippen LogP contribution in [-0.4, -0.2) is 17.5 Å². The maximum Gasteiger partial charge on any atom is 0.237 e. The molecule has 1 amide bonds. The second-order valence-corrected chi connectivity index (χ2v) is 9.41. The summed E-state index contributed by atoms with van der Waals surface area (Å²) in [5, 5.41) is 7.38. The van der Waals surface area contributed by atoms with Gasteiger partial charge in [-0.1, -0.05) is 104 Å². The van der Waals surface area contributed by atoms with E-state index in [0.29, 0.717) is 0 Å². The molecule has 2 aliphatic rings. The zero-order valence-electron chi connectivity index (χ0n) is 18.6. The van der Waals surface area contributed by atoms with E-state index in [0.717, 1.165) is 48.8 Å². The third-order valence-electron chi connectivity index (χ3n) is 7.42. The van der Waals surface area contributed by atoms with E-state index in [1.165, 1.54) is 12.8 Å². The van der Waals surface area contributed by atoms with Gasteiger partial charge in [-0.3, -0.25) is 10.1 Å². The van der Waals surface area contributed by atoms with Crippen LogP contribution in [0, 0.1) is 0 Å². The van der Waals surface area contributed by atoms with Gasteiger partial charge < -0.3 is 5.32 Å². The fourth-order valence-corrected chi connectivity index (χ4v) is 5.83. The van der Waals surface area contributed by atoms with Crippen LogP contribution in [-0.2, 0) is 10.3 Å². The normalized spacial score (nSPS) is 20.6. The number of nitrogens with one attached hydrogen (secondary N) is 2. The van der Waals surface area contributed by atoms with Crippen molar-refractivity contribution in [2.24, 2.45) is 0 Å². The minimum Gasteiger partial charge on any atom is -0.349 e. The molecule has 3 nitrogen and oxygen atoms in total. The Bertz CT molecular complexity index is 930. The second kappa shape index (κ2) is 8.91. The molecule has 5 rings (SSSR count). The van der Waals surface area contributed by atoms with Gasteiger partial charge in [0.2, 0.25) is 5.91 Å². The van der Waals surface area contributed by atoms with Gasteiger partial charge in [-0.25, -0.2) is 0 Å². The molecule has 164 valence electrons. The fourth-order valence-electron chi connectivity index (χ4n) is 5.83. The minimum atomic E-state index is -0.612. The van der Waals surface area contributed by atoms with Gasteiger partial charge in [-0.05, 0) is 48.8 Å². The van der Waals surface area contributed by atoms with Crippen molar-refractivity contribution in [2.45, 2.75) is 62.1 Å². The van der Waals surface area contributed by atoms with E-state index in [2.05, 4.69) is 83.4 Å². The molecule has 2 N–H and O–H groups in total. The smallest absolute Gasteiger partial charge is 0.237 e. The van der Waals surface area contributed by atoms with Gasteiger partial charge in [0.15, 0.2) is 0 Å². The highest BCUT2D eigenvalue weighted by molar-refractivity contribution is 5.83. The van der Waals surface area contributed by atoms with Crippen LogP contribution in [0.5, 0.6) is 0 Å². The van der Waals surface area contributed by atoms with Gasteiger partial charge in [0.05, 0.1) is 11.6 Å². The highest BCUT2D eigenvalue weighted by Crippen LogP contribution is 2.40. The molecule has 32 heavy (non-hydrogen) atoms. The van der Waals surface area contributed by atoms with Gasteiger partial charge in [0.25, 0.3) is 0 Å². The predicted octanol–water partition coefficient (Wildman–Crippen LogP) is 5.55. The number of rotatable bonds is 5. The van der Waals surface area contributed by atoms with Crippen molar-refractivity contribution in [1.29, 1.82) is 0 Å². The van der Waals surface area contributed by atoms with Crippen LogP contribution in [0.25, 0.3) is 0 Å². The summed E-state index contributed by atoms with van der Waals surface area (Å²) in [6, 6.07) is 31.4. The van der Waals surface area contributed by atoms with Crippen LogP contribution >= 0.6 is 0 Å². The Morgan fingerprint density at radius 2 is 1.12 bits per heavy atom. The molecule has 1 heterocycles. The Balaban J connectivity index is 1.61. The molecule has 3 aromatic rings. The summed E-state index contributed by atoms with van der Waals surface area (Å²) in [5.41, 5.74) is 2.83. The average Bonchev–Trinajstić information content (AvgIpc) is 3.24. The van der Waals surface area contributed by atoms with E-state index in [1.807, 2.05) is 18.2 Å². The minimum absolute atomic E-state index is 0.0163. The monoisotopic (exact) mass is 424 g/mol. The topological polar surface area (TPSA) is 41.1 Å². The van der Waals surface area contributed by atoms with Gasteiger partial charge in [-0.2, -0.15) is 0 Å². The van der Waals surface area contributed by atoms with Crippen LogP contribution < -0.4 is 10.6 Å². The van der Waals surface area contributed by atoms with Crippen molar-refractivity contribution in [3.8, 4) is 0 Å². The van der Waals surface area contributed by atoms with Crippen molar-refractivity contribution in [3.63, 3.8) is 0 Å². The van der Waals surface area contributed by atoms with Crippen molar-refractivity contribution in [3.05, 3.63) is 108 Å². The molecule has 1 aliphatic heterocycles. The molecule has 1 spiro atoms. The lowest BCUT2D eigenvalue weighted by Crippen LogP contribution is -2.57. The quantitative estimate of drug-likeness (QED) is 0.527. The van der Waals surface area contributed by atoms with E-state index >= 15 is 0 Å². The van der Waals surface area contributed by atoms with E-state index in [9.17, 15) is 4.79 Å². The lowest BCUT2D eigenvalue weighted by atomic mass is 9.76. The third kappa shape index (κ3) is 3.86. The Morgan fingerprint density at radius 1 is 0.688 bits per heavy atom. The molecule has 1 atom stereocenters. The van der Waals surface area contributed by atoms with E-state index in [-0.39, 0.29) is 17.5 Å². The molecule has 1 saturated carbocycles. The molecule has 0 bridgehead atoms. The summed E-state index contributed by atoms with van der Waals surface area (Å²) in [6.07, 6.45) is 7.68. The molecule has 1 saturated heterocycles. The van der Waals surface area contributed by atoms with Crippen LogP contribution in [0.15, 0.2) is 91.0 Å². The fraction of sp³-hybridized carbons (Fsp3) is 0.345. The molecule has 2 fully saturated rings. The molecule has 1 unspecified atom stereocenters. The maximum absolute atomic E-state index is 13.6. The van der Waals surface area contributed by atoms with Crippen molar-refractivity contribution < 1.29 is 4.79 Å². The summed E-state index contributed by atoms with van der Waals surface area (Å²) in [7, 11) is 0. The third-order valence-corrected chi connectivity index (χ3v) is 7.42. The van der Waals surface area contributed by atoms with Crippen LogP contribution in [0.3, 0.4) is 0 Å². The zero-order chi connectivity index (χ0) is 21.9. The number of carbonyl (C=O) groups excluding carboxylic acids is 1. The van der Waals surface area contributed by atoms with Gasteiger partial charge in [-0.15, -0.1) is 0 Å². The number of carbonyl (C=O) groups is 1. The summed E-state index contributed by atoms with van der Waals surface area (Å²) in [5.74, 6) is 0.150. The SMILES string of the molecule is O=C1NC2(CCCC2)CCCC1NC(c1ccccc1)(c1ccccc1)c1ccccc1. The van der Waals surface area contributed by atoms with Crippen LogP contribution in [0.2, 0.25) is 0 Å². The average molecular weight is 425 g/mol. The molecule has 0 aromatic heterocycles. The Kier molecular flexibility index (Phi) is 5.84. The Morgan fingerprint density at radius 3 is 1.59 bits per heavy atom. The second-order valence-electron chi connectivity index (χ2n) is 9.41. The first-order valence-corrected chi connectivity index (χ1v) is 12.0. The van der Waals surface area contributed by atoms with Gasteiger partial charge in [0.1, 0.15) is 0 Å². The van der Waals surface area contributed by atoms with Crippen molar-refractivity contribution in [2.75, 3.05) is 0 Å². The first-order valence-electron chi connectivity index (χ1n) is 12.0. The molecule has 1 aliphatic carbocycles. The largest absolute Gasteiger partial charge is 0.349 e. The van der Waals surface area contributed by atoms with Crippen molar-refractivity contribution >= 4 is 5.91 Å². The van der Waals surface area contributed by atoms with Gasteiger partial charge >= 0.3 is 0 Å².